The summed E-state index contributed by atoms with van der Waals surface area (Å²) in [6.45, 7) is 11.2. The predicted molar refractivity (Wildman–Crippen MR) is 111 cm³/mol. The summed E-state index contributed by atoms with van der Waals surface area (Å²) < 4.78 is 0. The number of benzene rings is 3. The van der Waals surface area contributed by atoms with Crippen molar-refractivity contribution in [3.8, 4) is 0 Å². The summed E-state index contributed by atoms with van der Waals surface area (Å²) in [5, 5.41) is 0. The first kappa shape index (κ1) is 16.7. The molecule has 0 atom stereocenters. The third-order valence-corrected chi connectivity index (χ3v) is 5.00. The molecule has 1 aliphatic heterocycles. The minimum Gasteiger partial charge on any atom is -0.314 e. The molecule has 1 aliphatic rings. The first-order valence-electron chi connectivity index (χ1n) is 9.14. The second-order valence-corrected chi connectivity index (χ2v) is 7.93. The van der Waals surface area contributed by atoms with Crippen molar-refractivity contribution in [2.24, 2.45) is 0 Å². The Labute approximate surface area is 156 Å². The van der Waals surface area contributed by atoms with E-state index in [1.54, 1.807) is 0 Å². The van der Waals surface area contributed by atoms with Gasteiger partial charge in [-0.1, -0.05) is 63.2 Å². The van der Waals surface area contributed by atoms with Crippen LogP contribution in [0.5, 0.6) is 0 Å². The molecular weight excluding hydrogens is 316 g/mol. The number of para-hydroxylation sites is 2. The highest BCUT2D eigenvalue weighted by atomic mass is 15.4. The average Bonchev–Trinajstić information content (AvgIpc) is 3.01. The Balaban J connectivity index is 1.87. The molecular formula is C24H25N2. The van der Waals surface area contributed by atoms with Crippen molar-refractivity contribution in [2.45, 2.75) is 33.1 Å². The topological polar surface area (TPSA) is 6.48 Å². The van der Waals surface area contributed by atoms with Crippen molar-refractivity contribution in [1.29, 1.82) is 0 Å². The van der Waals surface area contributed by atoms with Gasteiger partial charge in [0.2, 0.25) is 0 Å². The smallest absolute Gasteiger partial charge is 0.151 e. The van der Waals surface area contributed by atoms with Crippen LogP contribution in [0.4, 0.5) is 22.7 Å². The molecule has 0 N–H and O–H groups in total. The fourth-order valence-corrected chi connectivity index (χ4v) is 3.45. The molecule has 3 aromatic carbocycles. The van der Waals surface area contributed by atoms with Gasteiger partial charge >= 0.3 is 0 Å². The molecule has 3 aromatic rings. The number of anilines is 4. The first-order valence-corrected chi connectivity index (χ1v) is 9.14. The number of nitrogens with zero attached hydrogens (tertiary/aromatic N) is 2. The normalized spacial score (nSPS) is 13.8. The Kier molecular flexibility index (Phi) is 3.99. The summed E-state index contributed by atoms with van der Waals surface area (Å²) in [6.07, 6.45) is 0. The van der Waals surface area contributed by atoms with Crippen molar-refractivity contribution in [3.05, 3.63) is 90.6 Å². The molecule has 0 saturated carbocycles. The molecule has 0 saturated heterocycles. The minimum absolute atomic E-state index is 0.118. The number of hydrogen-bond acceptors (Lipinski definition) is 2. The largest absolute Gasteiger partial charge is 0.314 e. The molecule has 131 valence electrons. The lowest BCUT2D eigenvalue weighted by Gasteiger charge is -2.23. The Morgan fingerprint density at radius 2 is 1.35 bits per heavy atom. The van der Waals surface area contributed by atoms with Gasteiger partial charge in [-0.05, 0) is 53.8 Å². The van der Waals surface area contributed by atoms with Crippen molar-refractivity contribution in [2.75, 3.05) is 9.80 Å². The van der Waals surface area contributed by atoms with Crippen LogP contribution in [0.1, 0.15) is 31.9 Å². The van der Waals surface area contributed by atoms with E-state index < -0.39 is 0 Å². The highest BCUT2D eigenvalue weighted by Gasteiger charge is 2.30. The zero-order valence-corrected chi connectivity index (χ0v) is 15.9. The van der Waals surface area contributed by atoms with Gasteiger partial charge in [-0.3, -0.25) is 0 Å². The van der Waals surface area contributed by atoms with E-state index in [4.69, 9.17) is 0 Å². The van der Waals surface area contributed by atoms with E-state index in [0.717, 1.165) is 0 Å². The van der Waals surface area contributed by atoms with Crippen LogP contribution >= 0.6 is 0 Å². The number of rotatable bonds is 2. The summed E-state index contributed by atoms with van der Waals surface area (Å²) in [5.74, 6) is 0. The van der Waals surface area contributed by atoms with Crippen LogP contribution in [-0.2, 0) is 5.41 Å². The predicted octanol–water partition coefficient (Wildman–Crippen LogP) is 6.70. The standard InChI is InChI=1S/C24H25N2/c1-18-10-8-9-13-21(18)26-17-25(20-11-6-5-7-12-20)22-15-14-19(16-23(22)26)24(2,3)4/h5-17H,1-4H3. The summed E-state index contributed by atoms with van der Waals surface area (Å²) in [4.78, 5) is 4.58. The van der Waals surface area contributed by atoms with Crippen LogP contribution in [0, 0.1) is 13.6 Å². The third-order valence-electron chi connectivity index (χ3n) is 5.00. The zero-order chi connectivity index (χ0) is 18.3. The van der Waals surface area contributed by atoms with Crippen LogP contribution < -0.4 is 9.80 Å². The highest BCUT2D eigenvalue weighted by Crippen LogP contribution is 2.48. The van der Waals surface area contributed by atoms with E-state index in [1.807, 2.05) is 0 Å². The molecule has 4 rings (SSSR count). The van der Waals surface area contributed by atoms with Crippen molar-refractivity contribution in [3.63, 3.8) is 0 Å². The van der Waals surface area contributed by atoms with Gasteiger partial charge in [0.15, 0.2) is 6.67 Å². The van der Waals surface area contributed by atoms with Crippen LogP contribution in [0.2, 0.25) is 0 Å². The van der Waals surface area contributed by atoms with Gasteiger partial charge < -0.3 is 9.80 Å². The van der Waals surface area contributed by atoms with Crippen molar-refractivity contribution >= 4 is 22.7 Å². The van der Waals surface area contributed by atoms with E-state index in [-0.39, 0.29) is 5.41 Å². The summed E-state index contributed by atoms with van der Waals surface area (Å²) in [7, 11) is 0. The SMILES string of the molecule is Cc1ccccc1N1[CH]N(c2ccccc2)c2ccc(C(C)(C)C)cc21. The zero-order valence-electron chi connectivity index (χ0n) is 15.9. The summed E-state index contributed by atoms with van der Waals surface area (Å²) >= 11 is 0. The van der Waals surface area contributed by atoms with Gasteiger partial charge in [0.1, 0.15) is 0 Å². The summed E-state index contributed by atoms with van der Waals surface area (Å²) in [6, 6.07) is 25.9. The third kappa shape index (κ3) is 2.86. The van der Waals surface area contributed by atoms with Gasteiger partial charge in [-0.2, -0.15) is 0 Å². The molecule has 1 heterocycles. The summed E-state index contributed by atoms with van der Waals surface area (Å²) in [5.41, 5.74) is 7.57. The average molecular weight is 341 g/mol. The van der Waals surface area contributed by atoms with Crippen LogP contribution in [0.3, 0.4) is 0 Å². The Morgan fingerprint density at radius 3 is 2.04 bits per heavy atom. The second-order valence-electron chi connectivity index (χ2n) is 7.93. The molecule has 2 nitrogen and oxygen atoms in total. The van der Waals surface area contributed by atoms with E-state index in [0.29, 0.717) is 0 Å². The fraction of sp³-hybridized carbons (Fsp3) is 0.208. The maximum absolute atomic E-state index is 2.33. The molecule has 2 heteroatoms. The minimum atomic E-state index is 0.118. The molecule has 0 fully saturated rings. The van der Waals surface area contributed by atoms with Gasteiger partial charge in [0.25, 0.3) is 0 Å². The van der Waals surface area contributed by atoms with Gasteiger partial charge in [0, 0.05) is 11.4 Å². The van der Waals surface area contributed by atoms with E-state index >= 15 is 0 Å². The first-order chi connectivity index (χ1) is 12.4. The van der Waals surface area contributed by atoms with Crippen LogP contribution in [-0.4, -0.2) is 0 Å². The maximum atomic E-state index is 2.33. The Bertz CT molecular complexity index is 922. The van der Waals surface area contributed by atoms with Crippen LogP contribution in [0.25, 0.3) is 0 Å². The lowest BCUT2D eigenvalue weighted by atomic mass is 9.86. The Morgan fingerprint density at radius 1 is 0.654 bits per heavy atom. The molecule has 0 aliphatic carbocycles. The van der Waals surface area contributed by atoms with Gasteiger partial charge in [-0.15, -0.1) is 0 Å². The fourth-order valence-electron chi connectivity index (χ4n) is 3.45. The number of aryl methyl sites for hydroxylation is 1. The highest BCUT2D eigenvalue weighted by molar-refractivity contribution is 5.90. The molecule has 0 aromatic heterocycles. The van der Waals surface area contributed by atoms with E-state index in [2.05, 4.69) is 117 Å². The molecule has 0 spiro atoms. The quantitative estimate of drug-likeness (QED) is 0.511. The van der Waals surface area contributed by atoms with Gasteiger partial charge in [0.05, 0.1) is 11.4 Å². The monoisotopic (exact) mass is 341 g/mol. The van der Waals surface area contributed by atoms with Crippen molar-refractivity contribution in [1.82, 2.24) is 0 Å². The lowest BCUT2D eigenvalue weighted by molar-refractivity contribution is 0.590. The van der Waals surface area contributed by atoms with Crippen LogP contribution in [0.15, 0.2) is 72.8 Å². The molecule has 26 heavy (non-hydrogen) atoms. The lowest BCUT2D eigenvalue weighted by Crippen LogP contribution is -2.18. The Hall–Kier alpha value is -2.74. The molecule has 1 radical (unpaired) electrons. The number of hydrogen-bond donors (Lipinski definition) is 0. The second kappa shape index (κ2) is 6.21. The van der Waals surface area contributed by atoms with E-state index in [9.17, 15) is 0 Å². The van der Waals surface area contributed by atoms with Crippen molar-refractivity contribution < 1.29 is 0 Å². The van der Waals surface area contributed by atoms with Gasteiger partial charge in [-0.25, -0.2) is 0 Å². The molecule has 0 bridgehead atoms. The van der Waals surface area contributed by atoms with E-state index in [1.165, 1.54) is 33.9 Å². The molecule has 0 unspecified atom stereocenters. The maximum Gasteiger partial charge on any atom is 0.151 e. The molecule has 0 amide bonds. The number of fused-ring (bicyclic) bond motifs is 1.